The molecule has 0 radical (unpaired) electrons. The molecule has 0 aliphatic carbocycles. The topological polar surface area (TPSA) is 78.9 Å². The van der Waals surface area contributed by atoms with Crippen LogP contribution in [0.3, 0.4) is 0 Å². The van der Waals surface area contributed by atoms with Gasteiger partial charge < -0.3 is 14.2 Å². The van der Waals surface area contributed by atoms with Crippen molar-refractivity contribution in [2.45, 2.75) is 309 Å². The molecule has 0 aromatic heterocycles. The first-order chi connectivity index (χ1) is 33.0. The van der Waals surface area contributed by atoms with Crippen LogP contribution in [0.25, 0.3) is 0 Å². The second-order valence-corrected chi connectivity index (χ2v) is 19.5. The van der Waals surface area contributed by atoms with Crippen molar-refractivity contribution in [2.24, 2.45) is 0 Å². The number of hydrogen-bond acceptors (Lipinski definition) is 6. The average molecular weight is 940 g/mol. The van der Waals surface area contributed by atoms with Gasteiger partial charge in [-0.05, 0) is 44.9 Å². The van der Waals surface area contributed by atoms with Crippen molar-refractivity contribution in [2.75, 3.05) is 13.2 Å². The lowest BCUT2D eigenvalue weighted by molar-refractivity contribution is -0.166. The minimum atomic E-state index is -0.804. The number of ether oxygens (including phenoxy) is 3. The molecule has 0 aliphatic heterocycles. The van der Waals surface area contributed by atoms with E-state index in [1.54, 1.807) is 0 Å². The van der Waals surface area contributed by atoms with Gasteiger partial charge in [0.05, 0.1) is 0 Å². The summed E-state index contributed by atoms with van der Waals surface area (Å²) in [5.41, 5.74) is 0. The third kappa shape index (κ3) is 54.2. The number of unbranched alkanes of at least 4 members (excludes halogenated alkanes) is 34. The van der Waals surface area contributed by atoms with Crippen molar-refractivity contribution in [1.29, 1.82) is 0 Å². The standard InChI is InChI=1S/C61H110O6/c1-4-7-10-13-15-17-19-21-22-23-24-25-26-27-28-29-30-31-32-33-34-35-36-37-38-40-41-43-45-48-51-54-60(63)66-57-58(56-65-59(62)53-50-47-12-9-6-3)67-61(64)55-52-49-46-44-42-39-20-18-16-14-11-8-5-2/h8,11,16,18,39,42,46,49,58H,4-7,9-10,12-15,17,19-38,40-41,43-45,47-48,50-57H2,1-3H3/b11-8-,18-16-,42-39-,49-46-. The highest BCUT2D eigenvalue weighted by atomic mass is 16.6. The Morgan fingerprint density at radius 3 is 0.881 bits per heavy atom. The van der Waals surface area contributed by atoms with Gasteiger partial charge >= 0.3 is 17.9 Å². The van der Waals surface area contributed by atoms with Crippen molar-refractivity contribution in [1.82, 2.24) is 0 Å². The van der Waals surface area contributed by atoms with Gasteiger partial charge in [0.2, 0.25) is 0 Å². The third-order valence-electron chi connectivity index (χ3n) is 12.9. The molecule has 6 nitrogen and oxygen atoms in total. The molecule has 0 aliphatic rings. The molecule has 0 spiro atoms. The molecule has 0 N–H and O–H groups in total. The molecule has 0 saturated carbocycles. The SMILES string of the molecule is CC/C=C\C/C=C\C/C=C\C/C=C\CCC(=O)OC(COC(=O)CCCCCCC)COC(=O)CCCCCCCCCCCCCCCCCCCCCCCCCCCCCCCCC. The lowest BCUT2D eigenvalue weighted by atomic mass is 10.0. The highest BCUT2D eigenvalue weighted by molar-refractivity contribution is 5.71. The molecule has 1 unspecified atom stereocenters. The van der Waals surface area contributed by atoms with Crippen LogP contribution in [0.1, 0.15) is 303 Å². The summed E-state index contributed by atoms with van der Waals surface area (Å²) in [5.74, 6) is -0.987. The average Bonchev–Trinajstić information content (AvgIpc) is 3.33. The van der Waals surface area contributed by atoms with Gasteiger partial charge in [-0.2, -0.15) is 0 Å². The van der Waals surface area contributed by atoms with E-state index in [0.29, 0.717) is 19.3 Å². The monoisotopic (exact) mass is 939 g/mol. The molecule has 6 heteroatoms. The van der Waals surface area contributed by atoms with Gasteiger partial charge in [-0.25, -0.2) is 0 Å². The maximum absolute atomic E-state index is 12.7. The number of rotatable bonds is 53. The Bertz CT molecular complexity index is 1170. The summed E-state index contributed by atoms with van der Waals surface area (Å²) in [7, 11) is 0. The van der Waals surface area contributed by atoms with Crippen LogP contribution in [-0.4, -0.2) is 37.2 Å². The molecule has 390 valence electrons. The van der Waals surface area contributed by atoms with Gasteiger partial charge in [-0.1, -0.05) is 288 Å². The Balaban J connectivity index is 3.92. The van der Waals surface area contributed by atoms with E-state index in [0.717, 1.165) is 70.6 Å². The summed E-state index contributed by atoms with van der Waals surface area (Å²) in [6.07, 6.45) is 69.2. The van der Waals surface area contributed by atoms with Crippen LogP contribution in [0.4, 0.5) is 0 Å². The highest BCUT2D eigenvalue weighted by Gasteiger charge is 2.19. The largest absolute Gasteiger partial charge is 0.462 e. The fourth-order valence-electron chi connectivity index (χ4n) is 8.52. The van der Waals surface area contributed by atoms with Gasteiger partial charge in [0, 0.05) is 19.3 Å². The number of carbonyl (C=O) groups is 3. The second kappa shape index (κ2) is 56.0. The van der Waals surface area contributed by atoms with Crippen molar-refractivity contribution < 1.29 is 28.6 Å². The highest BCUT2D eigenvalue weighted by Crippen LogP contribution is 2.17. The Morgan fingerprint density at radius 2 is 0.582 bits per heavy atom. The Morgan fingerprint density at radius 1 is 0.313 bits per heavy atom. The number of esters is 3. The van der Waals surface area contributed by atoms with Gasteiger partial charge in [0.25, 0.3) is 0 Å². The van der Waals surface area contributed by atoms with Crippen LogP contribution >= 0.6 is 0 Å². The molecule has 0 saturated heterocycles. The Hall–Kier alpha value is -2.63. The zero-order valence-electron chi connectivity index (χ0n) is 44.7. The molecule has 0 aromatic rings. The Labute approximate surface area is 416 Å². The van der Waals surface area contributed by atoms with Crippen LogP contribution in [0, 0.1) is 0 Å². The summed E-state index contributed by atoms with van der Waals surface area (Å²) in [5, 5.41) is 0. The molecular formula is C61H110O6. The van der Waals surface area contributed by atoms with Gasteiger partial charge in [0.15, 0.2) is 6.10 Å². The predicted molar refractivity (Wildman–Crippen MR) is 289 cm³/mol. The lowest BCUT2D eigenvalue weighted by Crippen LogP contribution is -2.30. The predicted octanol–water partition coefficient (Wildman–Crippen LogP) is 19.4. The lowest BCUT2D eigenvalue weighted by Gasteiger charge is -2.18. The fourth-order valence-corrected chi connectivity index (χ4v) is 8.52. The second-order valence-electron chi connectivity index (χ2n) is 19.5. The number of allylic oxidation sites excluding steroid dienone is 8. The van der Waals surface area contributed by atoms with Crippen LogP contribution in [0.15, 0.2) is 48.6 Å². The van der Waals surface area contributed by atoms with Crippen molar-refractivity contribution >= 4 is 17.9 Å². The van der Waals surface area contributed by atoms with E-state index < -0.39 is 6.10 Å². The van der Waals surface area contributed by atoms with Crippen LogP contribution in [-0.2, 0) is 28.6 Å². The van der Waals surface area contributed by atoms with E-state index in [2.05, 4.69) is 57.2 Å². The normalized spacial score (nSPS) is 12.3. The quantitative estimate of drug-likeness (QED) is 0.0262. The van der Waals surface area contributed by atoms with Gasteiger partial charge in [-0.15, -0.1) is 0 Å². The summed E-state index contributed by atoms with van der Waals surface area (Å²) >= 11 is 0. The van der Waals surface area contributed by atoms with Crippen molar-refractivity contribution in [3.63, 3.8) is 0 Å². The smallest absolute Gasteiger partial charge is 0.306 e. The van der Waals surface area contributed by atoms with Gasteiger partial charge in [-0.3, -0.25) is 14.4 Å². The minimum Gasteiger partial charge on any atom is -0.462 e. The Kier molecular flexibility index (Phi) is 53.8. The van der Waals surface area contributed by atoms with Gasteiger partial charge in [0.1, 0.15) is 13.2 Å². The maximum Gasteiger partial charge on any atom is 0.306 e. The number of hydrogen-bond donors (Lipinski definition) is 0. The van der Waals surface area contributed by atoms with Crippen LogP contribution < -0.4 is 0 Å². The summed E-state index contributed by atoms with van der Waals surface area (Å²) in [6, 6.07) is 0. The van der Waals surface area contributed by atoms with Crippen LogP contribution in [0.2, 0.25) is 0 Å². The molecular weight excluding hydrogens is 829 g/mol. The zero-order chi connectivity index (χ0) is 48.6. The maximum atomic E-state index is 12.7. The first-order valence-electron chi connectivity index (χ1n) is 29.1. The van der Waals surface area contributed by atoms with E-state index in [-0.39, 0.29) is 37.5 Å². The van der Waals surface area contributed by atoms with E-state index in [4.69, 9.17) is 14.2 Å². The van der Waals surface area contributed by atoms with E-state index >= 15 is 0 Å². The van der Waals surface area contributed by atoms with Crippen molar-refractivity contribution in [3.8, 4) is 0 Å². The first-order valence-corrected chi connectivity index (χ1v) is 29.1. The van der Waals surface area contributed by atoms with Crippen molar-refractivity contribution in [3.05, 3.63) is 48.6 Å². The molecule has 0 rings (SSSR count). The molecule has 0 amide bonds. The first kappa shape index (κ1) is 64.4. The van der Waals surface area contributed by atoms with E-state index in [1.165, 1.54) is 186 Å². The fraction of sp³-hybridized carbons (Fsp3) is 0.820. The molecule has 0 aromatic carbocycles. The van der Waals surface area contributed by atoms with Crippen LogP contribution in [0.5, 0.6) is 0 Å². The molecule has 0 bridgehead atoms. The van der Waals surface area contributed by atoms with E-state index in [9.17, 15) is 14.4 Å². The molecule has 67 heavy (non-hydrogen) atoms. The van der Waals surface area contributed by atoms with E-state index in [1.807, 2.05) is 12.2 Å². The third-order valence-corrected chi connectivity index (χ3v) is 12.9. The summed E-state index contributed by atoms with van der Waals surface area (Å²) in [6.45, 7) is 6.40. The summed E-state index contributed by atoms with van der Waals surface area (Å²) < 4.78 is 16.6. The molecule has 0 fully saturated rings. The molecule has 0 heterocycles. The number of carbonyl (C=O) groups excluding carboxylic acids is 3. The zero-order valence-corrected chi connectivity index (χ0v) is 44.7. The summed E-state index contributed by atoms with van der Waals surface area (Å²) in [4.78, 5) is 37.6. The minimum absolute atomic E-state index is 0.0993. The molecule has 1 atom stereocenters.